The summed E-state index contributed by atoms with van der Waals surface area (Å²) in [5, 5.41) is 11.1. The minimum absolute atomic E-state index is 0. The number of esters is 1. The van der Waals surface area contributed by atoms with Gasteiger partial charge in [-0.05, 0) is 41.9 Å². The Bertz CT molecular complexity index is 1360. The number of carbonyl (C=O) groups is 2. The first kappa shape index (κ1) is 33.1. The lowest BCUT2D eigenvalue weighted by molar-refractivity contribution is 0.0513. The number of aromatic nitrogens is 2. The van der Waals surface area contributed by atoms with E-state index in [2.05, 4.69) is 0 Å². The van der Waals surface area contributed by atoms with Crippen molar-refractivity contribution >= 4 is 28.7 Å². The molecule has 8 heteroatoms. The predicted octanol–water partition coefficient (Wildman–Crippen LogP) is 6.59. The largest absolute Gasteiger partial charge is 0.507 e. The number of benzene rings is 2. The van der Waals surface area contributed by atoms with Gasteiger partial charge in [0.05, 0.1) is 19.7 Å². The number of aromatic hydroxyl groups is 1. The zero-order chi connectivity index (χ0) is 29.0. The Morgan fingerprint density at radius 1 is 0.950 bits per heavy atom. The summed E-state index contributed by atoms with van der Waals surface area (Å²) < 4.78 is 8.93. The Labute approximate surface area is 248 Å². The third-order valence-corrected chi connectivity index (χ3v) is 6.57. The number of Topliss-reactive ketones (excluding diaryl/α,β-unsaturated/α-hetero) is 1. The number of hydrogen-bond donors (Lipinski definition) is 1. The van der Waals surface area contributed by atoms with E-state index < -0.39 is 5.97 Å². The Kier molecular flexibility index (Phi) is 11.2. The standard InChI is InChI=1S/C32H43N3O4.BrH/c1-9-16-33-30-34(20-26(29(38)39-10-2)35(30)19-22-14-12-11-13-15-22)21-27(36)23-17-24(31(3,4)5)28(37)25(18-23)32(6,7)8;/h11-15,17-18,20,37H,9-10,16,19,21H2,1-8H3;1H/b33-30+;. The third-order valence-electron chi connectivity index (χ3n) is 6.57. The van der Waals surface area contributed by atoms with Crippen LogP contribution in [0.4, 0.5) is 0 Å². The summed E-state index contributed by atoms with van der Waals surface area (Å²) in [5.41, 5.74) is 3.17. The summed E-state index contributed by atoms with van der Waals surface area (Å²) in [5.74, 6) is -0.352. The molecule has 218 valence electrons. The van der Waals surface area contributed by atoms with Crippen molar-refractivity contribution in [1.29, 1.82) is 0 Å². The normalized spacial score (nSPS) is 12.2. The van der Waals surface area contributed by atoms with Crippen LogP contribution in [0.3, 0.4) is 0 Å². The van der Waals surface area contributed by atoms with Gasteiger partial charge in [0.25, 0.3) is 0 Å². The summed E-state index contributed by atoms with van der Waals surface area (Å²) >= 11 is 0. The maximum atomic E-state index is 13.8. The first-order valence-electron chi connectivity index (χ1n) is 13.7. The SMILES string of the molecule is Br.CCC/N=c1\n(CC(=O)c2cc(C(C)(C)C)c(O)c(C(C)(C)C)c2)cc(C(=O)OCC)n1Cc1ccccc1. The molecular formula is C32H44BrN3O4. The fourth-order valence-electron chi connectivity index (χ4n) is 4.52. The van der Waals surface area contributed by atoms with Crippen LogP contribution in [0.5, 0.6) is 5.75 Å². The summed E-state index contributed by atoms with van der Waals surface area (Å²) in [6.45, 7) is 17.1. The van der Waals surface area contributed by atoms with Crippen LogP contribution >= 0.6 is 17.0 Å². The molecule has 0 bridgehead atoms. The molecule has 2 aromatic carbocycles. The van der Waals surface area contributed by atoms with Crippen LogP contribution in [-0.4, -0.2) is 39.1 Å². The number of rotatable bonds is 9. The number of nitrogens with zero attached hydrogens (tertiary/aromatic N) is 3. The molecule has 0 aliphatic carbocycles. The Hall–Kier alpha value is -3.13. The number of ether oxygens (including phenoxy) is 1. The number of phenolic OH excluding ortho intramolecular Hbond substituents is 1. The molecule has 0 fully saturated rings. The molecule has 0 amide bonds. The highest BCUT2D eigenvalue weighted by atomic mass is 79.9. The number of halogens is 1. The molecule has 0 radical (unpaired) electrons. The second-order valence-electron chi connectivity index (χ2n) is 12.0. The second-order valence-corrected chi connectivity index (χ2v) is 12.0. The van der Waals surface area contributed by atoms with Gasteiger partial charge in [-0.3, -0.25) is 9.79 Å². The number of carbonyl (C=O) groups excluding carboxylic acids is 2. The molecule has 0 saturated carbocycles. The van der Waals surface area contributed by atoms with Crippen molar-refractivity contribution in [2.24, 2.45) is 4.99 Å². The first-order chi connectivity index (χ1) is 18.3. The maximum Gasteiger partial charge on any atom is 0.356 e. The van der Waals surface area contributed by atoms with Crippen LogP contribution in [0.1, 0.15) is 99.3 Å². The van der Waals surface area contributed by atoms with Gasteiger partial charge in [0.2, 0.25) is 5.62 Å². The zero-order valence-electron chi connectivity index (χ0n) is 25.1. The molecule has 0 unspecified atom stereocenters. The van der Waals surface area contributed by atoms with E-state index in [0.29, 0.717) is 30.0 Å². The molecule has 0 aliphatic rings. The number of phenols is 1. The average Bonchev–Trinajstić information content (AvgIpc) is 3.18. The van der Waals surface area contributed by atoms with Crippen LogP contribution in [0.25, 0.3) is 0 Å². The molecule has 0 saturated heterocycles. The van der Waals surface area contributed by atoms with Crippen molar-refractivity contribution in [3.05, 3.63) is 82.2 Å². The van der Waals surface area contributed by atoms with E-state index in [9.17, 15) is 14.7 Å². The van der Waals surface area contributed by atoms with Gasteiger partial charge in [0, 0.05) is 29.4 Å². The fraction of sp³-hybridized carbons (Fsp3) is 0.469. The summed E-state index contributed by atoms with van der Waals surface area (Å²) in [4.78, 5) is 31.6. The second kappa shape index (κ2) is 13.5. The molecular weight excluding hydrogens is 570 g/mol. The Balaban J connectivity index is 0.00000560. The van der Waals surface area contributed by atoms with Crippen LogP contribution < -0.4 is 5.62 Å². The smallest absolute Gasteiger partial charge is 0.356 e. The highest BCUT2D eigenvalue weighted by Crippen LogP contribution is 2.39. The molecule has 1 N–H and O–H groups in total. The minimum Gasteiger partial charge on any atom is -0.507 e. The van der Waals surface area contributed by atoms with E-state index in [-0.39, 0.29) is 52.5 Å². The molecule has 1 heterocycles. The van der Waals surface area contributed by atoms with Crippen LogP contribution in [0, 0.1) is 0 Å². The first-order valence-corrected chi connectivity index (χ1v) is 13.7. The lowest BCUT2D eigenvalue weighted by Gasteiger charge is -2.28. The van der Waals surface area contributed by atoms with Crippen molar-refractivity contribution in [2.75, 3.05) is 13.2 Å². The number of imidazole rings is 1. The molecule has 3 rings (SSSR count). The predicted molar refractivity (Wildman–Crippen MR) is 165 cm³/mol. The lowest BCUT2D eigenvalue weighted by Crippen LogP contribution is -2.30. The molecule has 0 spiro atoms. The van der Waals surface area contributed by atoms with E-state index in [1.54, 1.807) is 29.8 Å². The molecule has 7 nitrogen and oxygen atoms in total. The molecule has 0 atom stereocenters. The molecule has 40 heavy (non-hydrogen) atoms. The third kappa shape index (κ3) is 7.74. The van der Waals surface area contributed by atoms with Crippen molar-refractivity contribution in [2.45, 2.75) is 85.7 Å². The molecule has 3 aromatic rings. The molecule has 0 aliphatic heterocycles. The highest BCUT2D eigenvalue weighted by molar-refractivity contribution is 8.93. The monoisotopic (exact) mass is 613 g/mol. The lowest BCUT2D eigenvalue weighted by atomic mass is 9.78. The van der Waals surface area contributed by atoms with Gasteiger partial charge in [-0.15, -0.1) is 17.0 Å². The number of hydrogen-bond acceptors (Lipinski definition) is 5. The Morgan fingerprint density at radius 3 is 2.02 bits per heavy atom. The number of ketones is 1. The summed E-state index contributed by atoms with van der Waals surface area (Å²) in [6.07, 6.45) is 2.49. The van der Waals surface area contributed by atoms with Crippen molar-refractivity contribution in [3.63, 3.8) is 0 Å². The van der Waals surface area contributed by atoms with Gasteiger partial charge in [-0.2, -0.15) is 0 Å². The van der Waals surface area contributed by atoms with E-state index in [1.165, 1.54) is 0 Å². The highest BCUT2D eigenvalue weighted by Gasteiger charge is 2.28. The van der Waals surface area contributed by atoms with Gasteiger partial charge in [-0.25, -0.2) is 4.79 Å². The molecule has 1 aromatic heterocycles. The van der Waals surface area contributed by atoms with Crippen LogP contribution in [0.15, 0.2) is 53.7 Å². The van der Waals surface area contributed by atoms with Gasteiger partial charge in [0.15, 0.2) is 5.78 Å². The fourth-order valence-corrected chi connectivity index (χ4v) is 4.52. The minimum atomic E-state index is -0.456. The van der Waals surface area contributed by atoms with E-state index in [0.717, 1.165) is 23.1 Å². The average molecular weight is 615 g/mol. The van der Waals surface area contributed by atoms with E-state index in [1.807, 2.05) is 83.4 Å². The Morgan fingerprint density at radius 2 is 1.52 bits per heavy atom. The van der Waals surface area contributed by atoms with Gasteiger partial charge in [-0.1, -0.05) is 78.8 Å². The van der Waals surface area contributed by atoms with Gasteiger partial charge < -0.3 is 19.0 Å². The topological polar surface area (TPSA) is 85.8 Å². The van der Waals surface area contributed by atoms with E-state index in [4.69, 9.17) is 9.73 Å². The van der Waals surface area contributed by atoms with Crippen molar-refractivity contribution < 1.29 is 19.4 Å². The van der Waals surface area contributed by atoms with Crippen LogP contribution in [-0.2, 0) is 28.7 Å². The zero-order valence-corrected chi connectivity index (χ0v) is 26.8. The summed E-state index contributed by atoms with van der Waals surface area (Å²) in [7, 11) is 0. The maximum absolute atomic E-state index is 13.8. The van der Waals surface area contributed by atoms with Gasteiger partial charge in [0.1, 0.15) is 11.4 Å². The quantitative estimate of drug-likeness (QED) is 0.218. The van der Waals surface area contributed by atoms with Crippen LogP contribution in [0.2, 0.25) is 0 Å². The van der Waals surface area contributed by atoms with E-state index >= 15 is 0 Å². The van der Waals surface area contributed by atoms with Crippen molar-refractivity contribution in [3.8, 4) is 5.75 Å². The van der Waals surface area contributed by atoms with Crippen molar-refractivity contribution in [1.82, 2.24) is 9.13 Å². The summed E-state index contributed by atoms with van der Waals surface area (Å²) in [6, 6.07) is 13.4. The van der Waals surface area contributed by atoms with Gasteiger partial charge >= 0.3 is 5.97 Å².